The molecule has 0 aromatic heterocycles. The first-order chi connectivity index (χ1) is 4.88. The number of hydrogen-bond donors (Lipinski definition) is 1. The van der Waals surface area contributed by atoms with Crippen molar-refractivity contribution >= 4 is 0 Å². The van der Waals surface area contributed by atoms with Crippen LogP contribution in [0.15, 0.2) is 0 Å². The van der Waals surface area contributed by atoms with Gasteiger partial charge in [0.2, 0.25) is 0 Å². The zero-order chi connectivity index (χ0) is 7.40. The fourth-order valence-electron chi connectivity index (χ4n) is 1.47. The highest BCUT2D eigenvalue weighted by Gasteiger charge is 2.26. The number of hydrogen-bond acceptors (Lipinski definition) is 2. The fourth-order valence-corrected chi connectivity index (χ4v) is 1.47. The maximum atomic E-state index is 8.70. The Morgan fingerprint density at radius 3 is 2.60 bits per heavy atom. The van der Waals surface area contributed by atoms with E-state index in [0.29, 0.717) is 12.5 Å². The van der Waals surface area contributed by atoms with E-state index in [-0.39, 0.29) is 0 Å². The first-order valence-electron chi connectivity index (χ1n) is 4.07. The van der Waals surface area contributed by atoms with Crippen molar-refractivity contribution in [3.05, 3.63) is 0 Å². The highest BCUT2D eigenvalue weighted by Crippen LogP contribution is 2.25. The van der Waals surface area contributed by atoms with Gasteiger partial charge in [0.1, 0.15) is 0 Å². The smallest absolute Gasteiger partial charge is 0.0519 e. The van der Waals surface area contributed by atoms with E-state index in [0.717, 1.165) is 25.6 Å². The van der Waals surface area contributed by atoms with Crippen molar-refractivity contribution in [2.24, 2.45) is 11.8 Å². The van der Waals surface area contributed by atoms with Crippen molar-refractivity contribution in [1.82, 2.24) is 0 Å². The van der Waals surface area contributed by atoms with Gasteiger partial charge in [-0.1, -0.05) is 13.3 Å². The van der Waals surface area contributed by atoms with Gasteiger partial charge in [0.15, 0.2) is 0 Å². The van der Waals surface area contributed by atoms with E-state index < -0.39 is 0 Å². The van der Waals surface area contributed by atoms with Crippen molar-refractivity contribution in [3.8, 4) is 0 Å². The van der Waals surface area contributed by atoms with E-state index in [2.05, 4.69) is 6.92 Å². The Morgan fingerprint density at radius 2 is 2.30 bits per heavy atom. The molecular formula is C8H16O2. The molecule has 0 saturated carbocycles. The van der Waals surface area contributed by atoms with Crippen LogP contribution in [0.5, 0.6) is 0 Å². The standard InChI is InChI=1S/C8H16O2/c1-2-7(3-4-9)8-5-10-6-8/h7-9H,2-6H2,1H3. The fraction of sp³-hybridized carbons (Fsp3) is 1.00. The van der Waals surface area contributed by atoms with Crippen LogP contribution in [0, 0.1) is 11.8 Å². The maximum absolute atomic E-state index is 8.70. The van der Waals surface area contributed by atoms with Crippen LogP contribution in [0.3, 0.4) is 0 Å². The highest BCUT2D eigenvalue weighted by molar-refractivity contribution is 4.73. The molecule has 0 radical (unpaired) electrons. The minimum absolute atomic E-state index is 0.328. The van der Waals surface area contributed by atoms with Crippen LogP contribution >= 0.6 is 0 Å². The van der Waals surface area contributed by atoms with Gasteiger partial charge in [-0.2, -0.15) is 0 Å². The molecule has 10 heavy (non-hydrogen) atoms. The molecule has 0 spiro atoms. The van der Waals surface area contributed by atoms with Crippen molar-refractivity contribution in [2.45, 2.75) is 19.8 Å². The van der Waals surface area contributed by atoms with Crippen molar-refractivity contribution in [1.29, 1.82) is 0 Å². The SMILES string of the molecule is CCC(CCO)C1COC1. The molecule has 0 aromatic carbocycles. The lowest BCUT2D eigenvalue weighted by Crippen LogP contribution is -2.34. The average molecular weight is 144 g/mol. The van der Waals surface area contributed by atoms with Gasteiger partial charge < -0.3 is 9.84 Å². The maximum Gasteiger partial charge on any atom is 0.0519 e. The Kier molecular flexibility index (Phi) is 3.16. The Hall–Kier alpha value is -0.0800. The predicted molar refractivity (Wildman–Crippen MR) is 39.8 cm³/mol. The lowest BCUT2D eigenvalue weighted by Gasteiger charge is -2.32. The van der Waals surface area contributed by atoms with E-state index >= 15 is 0 Å². The molecule has 2 heteroatoms. The minimum Gasteiger partial charge on any atom is -0.396 e. The molecule has 1 saturated heterocycles. The molecule has 0 aromatic rings. The largest absolute Gasteiger partial charge is 0.396 e. The Labute approximate surface area is 62.2 Å². The number of rotatable bonds is 4. The van der Waals surface area contributed by atoms with E-state index in [1.54, 1.807) is 0 Å². The summed E-state index contributed by atoms with van der Waals surface area (Å²) in [5.74, 6) is 1.43. The zero-order valence-corrected chi connectivity index (χ0v) is 6.55. The van der Waals surface area contributed by atoms with Gasteiger partial charge in [0.05, 0.1) is 13.2 Å². The summed E-state index contributed by atoms with van der Waals surface area (Å²) in [6, 6.07) is 0. The molecule has 1 aliphatic heterocycles. The van der Waals surface area contributed by atoms with Crippen LogP contribution in [0.4, 0.5) is 0 Å². The Balaban J connectivity index is 2.17. The molecule has 0 bridgehead atoms. The van der Waals surface area contributed by atoms with Gasteiger partial charge >= 0.3 is 0 Å². The van der Waals surface area contributed by atoms with Gasteiger partial charge in [-0.25, -0.2) is 0 Å². The molecule has 1 heterocycles. The van der Waals surface area contributed by atoms with Crippen molar-refractivity contribution in [2.75, 3.05) is 19.8 Å². The van der Waals surface area contributed by atoms with Crippen LogP contribution < -0.4 is 0 Å². The van der Waals surface area contributed by atoms with Gasteiger partial charge in [-0.3, -0.25) is 0 Å². The summed E-state index contributed by atoms with van der Waals surface area (Å²) in [5.41, 5.74) is 0. The van der Waals surface area contributed by atoms with E-state index in [4.69, 9.17) is 9.84 Å². The lowest BCUT2D eigenvalue weighted by atomic mass is 9.86. The highest BCUT2D eigenvalue weighted by atomic mass is 16.5. The lowest BCUT2D eigenvalue weighted by molar-refractivity contribution is -0.0653. The normalized spacial score (nSPS) is 22.2. The summed E-state index contributed by atoms with van der Waals surface area (Å²) < 4.78 is 5.08. The second-order valence-electron chi connectivity index (χ2n) is 2.98. The average Bonchev–Trinajstić information content (AvgIpc) is 1.83. The molecule has 1 fully saturated rings. The predicted octanol–water partition coefficient (Wildman–Crippen LogP) is 1.04. The molecule has 0 amide bonds. The number of ether oxygens (including phenoxy) is 1. The molecule has 0 aliphatic carbocycles. The van der Waals surface area contributed by atoms with Gasteiger partial charge in [0, 0.05) is 12.5 Å². The molecule has 1 atom stereocenters. The quantitative estimate of drug-likeness (QED) is 0.639. The third-order valence-electron chi connectivity index (χ3n) is 2.35. The summed E-state index contributed by atoms with van der Waals surface area (Å²) in [6.07, 6.45) is 2.12. The first-order valence-corrected chi connectivity index (χ1v) is 4.07. The number of aliphatic hydroxyl groups is 1. The van der Waals surface area contributed by atoms with E-state index in [1.165, 1.54) is 6.42 Å². The second-order valence-corrected chi connectivity index (χ2v) is 2.98. The molecule has 1 rings (SSSR count). The third kappa shape index (κ3) is 1.70. The summed E-state index contributed by atoms with van der Waals surface area (Å²) in [5, 5.41) is 8.70. The van der Waals surface area contributed by atoms with Gasteiger partial charge in [0.25, 0.3) is 0 Å². The Bertz CT molecular complexity index is 89.3. The minimum atomic E-state index is 0.328. The van der Waals surface area contributed by atoms with E-state index in [9.17, 15) is 0 Å². The summed E-state index contributed by atoms with van der Waals surface area (Å²) in [6.45, 7) is 4.34. The third-order valence-corrected chi connectivity index (χ3v) is 2.35. The summed E-state index contributed by atoms with van der Waals surface area (Å²) >= 11 is 0. The van der Waals surface area contributed by atoms with Gasteiger partial charge in [-0.05, 0) is 12.3 Å². The number of aliphatic hydroxyl groups excluding tert-OH is 1. The molecule has 1 unspecified atom stereocenters. The monoisotopic (exact) mass is 144 g/mol. The zero-order valence-electron chi connectivity index (χ0n) is 6.55. The topological polar surface area (TPSA) is 29.5 Å². The summed E-state index contributed by atoms with van der Waals surface area (Å²) in [4.78, 5) is 0. The second kappa shape index (κ2) is 3.94. The molecule has 1 N–H and O–H groups in total. The molecule has 2 nitrogen and oxygen atoms in total. The van der Waals surface area contributed by atoms with Crippen molar-refractivity contribution < 1.29 is 9.84 Å². The van der Waals surface area contributed by atoms with Crippen LogP contribution in [0.2, 0.25) is 0 Å². The van der Waals surface area contributed by atoms with Gasteiger partial charge in [-0.15, -0.1) is 0 Å². The Morgan fingerprint density at radius 1 is 1.60 bits per heavy atom. The van der Waals surface area contributed by atoms with Crippen LogP contribution in [0.25, 0.3) is 0 Å². The van der Waals surface area contributed by atoms with Crippen LogP contribution in [-0.4, -0.2) is 24.9 Å². The van der Waals surface area contributed by atoms with Crippen molar-refractivity contribution in [3.63, 3.8) is 0 Å². The molecule has 60 valence electrons. The first kappa shape index (κ1) is 8.02. The molecular weight excluding hydrogens is 128 g/mol. The summed E-state index contributed by atoms with van der Waals surface area (Å²) in [7, 11) is 0. The van der Waals surface area contributed by atoms with Crippen LogP contribution in [-0.2, 0) is 4.74 Å². The van der Waals surface area contributed by atoms with Crippen LogP contribution in [0.1, 0.15) is 19.8 Å². The molecule has 1 aliphatic rings. The van der Waals surface area contributed by atoms with E-state index in [1.807, 2.05) is 0 Å².